The summed E-state index contributed by atoms with van der Waals surface area (Å²) >= 11 is 0. The number of hydrogen-bond donors (Lipinski definition) is 1. The predicted octanol–water partition coefficient (Wildman–Crippen LogP) is 2.21. The molecule has 0 aromatic rings. The predicted molar refractivity (Wildman–Crippen MR) is 90.2 cm³/mol. The molecule has 3 rings (SSSR count). The van der Waals surface area contributed by atoms with E-state index in [1.54, 1.807) is 0 Å². The molecular weight excluding hydrogens is 325 g/mol. The first-order chi connectivity index (χ1) is 11.6. The van der Waals surface area contributed by atoms with Crippen LogP contribution in [0, 0.1) is 11.3 Å². The van der Waals surface area contributed by atoms with Crippen LogP contribution in [0.25, 0.3) is 0 Å². The van der Waals surface area contributed by atoms with Crippen molar-refractivity contribution in [2.45, 2.75) is 52.0 Å². The number of carbonyl (C=O) groups excluding carboxylic acids is 3. The Labute approximate surface area is 147 Å². The molecule has 2 fully saturated rings. The summed E-state index contributed by atoms with van der Waals surface area (Å²) in [5, 5.41) is 2.85. The van der Waals surface area contributed by atoms with Gasteiger partial charge in [-0.15, -0.1) is 0 Å². The summed E-state index contributed by atoms with van der Waals surface area (Å²) in [7, 11) is 0. The van der Waals surface area contributed by atoms with Gasteiger partial charge in [0.05, 0.1) is 6.54 Å². The highest BCUT2D eigenvalue weighted by molar-refractivity contribution is 6.09. The second-order valence-electron chi connectivity index (χ2n) is 8.51. The minimum Gasteiger partial charge on any atom is -0.334 e. The van der Waals surface area contributed by atoms with Crippen molar-refractivity contribution in [2.24, 2.45) is 11.3 Å². The molecule has 2 heterocycles. The molecule has 1 N–H and O–H groups in total. The Morgan fingerprint density at radius 1 is 1.36 bits per heavy atom. The lowest BCUT2D eigenvalue weighted by molar-refractivity contribution is -0.140. The van der Waals surface area contributed by atoms with Crippen molar-refractivity contribution in [1.82, 2.24) is 15.1 Å². The van der Waals surface area contributed by atoms with E-state index in [0.717, 1.165) is 11.3 Å². The van der Waals surface area contributed by atoms with Crippen LogP contribution in [-0.2, 0) is 9.59 Å². The lowest BCUT2D eigenvalue weighted by Crippen LogP contribution is -2.54. The van der Waals surface area contributed by atoms with Crippen LogP contribution >= 0.6 is 0 Å². The van der Waals surface area contributed by atoms with Gasteiger partial charge in [0, 0.05) is 6.54 Å². The van der Waals surface area contributed by atoms with Crippen LogP contribution in [0.2, 0.25) is 0 Å². The third-order valence-electron chi connectivity index (χ3n) is 5.38. The summed E-state index contributed by atoms with van der Waals surface area (Å²) < 4.78 is 13.4. The van der Waals surface area contributed by atoms with Crippen LogP contribution in [0.4, 0.5) is 9.18 Å². The topological polar surface area (TPSA) is 69.7 Å². The number of urea groups is 1. The van der Waals surface area contributed by atoms with E-state index in [-0.39, 0.29) is 30.2 Å². The van der Waals surface area contributed by atoms with E-state index in [4.69, 9.17) is 0 Å². The number of hydrogen-bond acceptors (Lipinski definition) is 3. The van der Waals surface area contributed by atoms with Gasteiger partial charge < -0.3 is 10.2 Å². The molecule has 1 spiro atoms. The van der Waals surface area contributed by atoms with Crippen LogP contribution in [-0.4, -0.2) is 52.8 Å². The Bertz CT molecular complexity index is 645. The SMILES string of the molecule is C[C@@H]1CC(C)(C)C[C@]2(C1)NC(=O)N(CC(=O)N1CCC=C(F)C1)C2=O. The molecule has 0 aromatic heterocycles. The van der Waals surface area contributed by atoms with Crippen molar-refractivity contribution in [1.29, 1.82) is 0 Å². The molecule has 4 amide bonds. The van der Waals surface area contributed by atoms with Crippen molar-refractivity contribution in [3.8, 4) is 0 Å². The minimum absolute atomic E-state index is 0.0541. The first-order valence-electron chi connectivity index (χ1n) is 8.88. The lowest BCUT2D eigenvalue weighted by Gasteiger charge is -2.43. The van der Waals surface area contributed by atoms with Crippen LogP contribution in [0.15, 0.2) is 11.9 Å². The summed E-state index contributed by atoms with van der Waals surface area (Å²) in [6, 6.07) is -0.517. The molecule has 1 aliphatic carbocycles. The maximum Gasteiger partial charge on any atom is 0.325 e. The molecule has 3 aliphatic rings. The fraction of sp³-hybridized carbons (Fsp3) is 0.722. The molecule has 138 valence electrons. The zero-order valence-electron chi connectivity index (χ0n) is 15.1. The highest BCUT2D eigenvalue weighted by Crippen LogP contribution is 2.46. The molecular formula is C18H26FN3O3. The highest BCUT2D eigenvalue weighted by atomic mass is 19.1. The van der Waals surface area contributed by atoms with Gasteiger partial charge >= 0.3 is 6.03 Å². The zero-order valence-corrected chi connectivity index (χ0v) is 15.1. The maximum absolute atomic E-state index is 13.4. The third-order valence-corrected chi connectivity index (χ3v) is 5.38. The quantitative estimate of drug-likeness (QED) is 0.776. The summed E-state index contributed by atoms with van der Waals surface area (Å²) in [5.41, 5.74) is -0.965. The number of halogens is 1. The third kappa shape index (κ3) is 3.41. The highest BCUT2D eigenvalue weighted by Gasteiger charge is 2.56. The van der Waals surface area contributed by atoms with Gasteiger partial charge in [0.1, 0.15) is 17.9 Å². The van der Waals surface area contributed by atoms with Crippen LogP contribution in [0.1, 0.15) is 46.5 Å². The average Bonchev–Trinajstić information content (AvgIpc) is 2.68. The number of nitrogens with one attached hydrogen (secondary N) is 1. The molecule has 0 radical (unpaired) electrons. The van der Waals surface area contributed by atoms with E-state index >= 15 is 0 Å². The molecule has 0 aromatic carbocycles. The van der Waals surface area contributed by atoms with E-state index in [0.29, 0.717) is 31.7 Å². The molecule has 1 saturated carbocycles. The number of rotatable bonds is 2. The number of imide groups is 1. The van der Waals surface area contributed by atoms with Crippen LogP contribution in [0.3, 0.4) is 0 Å². The Kier molecular flexibility index (Phi) is 4.37. The normalized spacial score (nSPS) is 32.0. The zero-order chi connectivity index (χ0) is 18.4. The minimum atomic E-state index is -0.911. The van der Waals surface area contributed by atoms with E-state index < -0.39 is 17.5 Å². The first-order valence-corrected chi connectivity index (χ1v) is 8.88. The van der Waals surface area contributed by atoms with Gasteiger partial charge in [-0.1, -0.05) is 20.8 Å². The van der Waals surface area contributed by atoms with E-state index in [2.05, 4.69) is 26.1 Å². The van der Waals surface area contributed by atoms with Crippen molar-refractivity contribution in [2.75, 3.05) is 19.6 Å². The second-order valence-corrected chi connectivity index (χ2v) is 8.51. The summed E-state index contributed by atoms with van der Waals surface area (Å²) in [5.74, 6) is -0.758. The van der Waals surface area contributed by atoms with E-state index in [9.17, 15) is 18.8 Å². The lowest BCUT2D eigenvalue weighted by atomic mass is 9.64. The van der Waals surface area contributed by atoms with Crippen molar-refractivity contribution in [3.63, 3.8) is 0 Å². The van der Waals surface area contributed by atoms with Crippen LogP contribution in [0.5, 0.6) is 0 Å². The van der Waals surface area contributed by atoms with Gasteiger partial charge in [-0.05, 0) is 43.1 Å². The fourth-order valence-electron chi connectivity index (χ4n) is 4.80. The van der Waals surface area contributed by atoms with Gasteiger partial charge in [-0.25, -0.2) is 9.18 Å². The summed E-state index contributed by atoms with van der Waals surface area (Å²) in [6.07, 6.45) is 4.06. The average molecular weight is 351 g/mol. The fourth-order valence-corrected chi connectivity index (χ4v) is 4.80. The van der Waals surface area contributed by atoms with Gasteiger partial charge in [0.25, 0.3) is 5.91 Å². The molecule has 1 saturated heterocycles. The smallest absolute Gasteiger partial charge is 0.325 e. The number of carbonyl (C=O) groups is 3. The van der Waals surface area contributed by atoms with Crippen molar-refractivity contribution in [3.05, 3.63) is 11.9 Å². The molecule has 25 heavy (non-hydrogen) atoms. The van der Waals surface area contributed by atoms with Gasteiger partial charge in [0.2, 0.25) is 5.91 Å². The Morgan fingerprint density at radius 3 is 2.72 bits per heavy atom. The van der Waals surface area contributed by atoms with E-state index in [1.807, 2.05) is 0 Å². The largest absolute Gasteiger partial charge is 0.334 e. The van der Waals surface area contributed by atoms with Gasteiger partial charge in [0.15, 0.2) is 0 Å². The number of amides is 4. The second kappa shape index (κ2) is 6.11. The maximum atomic E-state index is 13.4. The molecule has 2 aliphatic heterocycles. The summed E-state index contributed by atoms with van der Waals surface area (Å²) in [4.78, 5) is 40.2. The molecule has 6 nitrogen and oxygen atoms in total. The molecule has 0 bridgehead atoms. The Hall–Kier alpha value is -1.92. The molecule has 2 atom stereocenters. The first kappa shape index (κ1) is 17.9. The Balaban J connectivity index is 1.73. The Morgan fingerprint density at radius 2 is 2.08 bits per heavy atom. The monoisotopic (exact) mass is 351 g/mol. The number of nitrogens with zero attached hydrogens (tertiary/aromatic N) is 2. The van der Waals surface area contributed by atoms with E-state index in [1.165, 1.54) is 11.0 Å². The van der Waals surface area contributed by atoms with Gasteiger partial charge in [-0.2, -0.15) is 0 Å². The molecule has 7 heteroatoms. The van der Waals surface area contributed by atoms with Crippen molar-refractivity contribution >= 4 is 17.8 Å². The van der Waals surface area contributed by atoms with Crippen molar-refractivity contribution < 1.29 is 18.8 Å². The standard InChI is InChI=1S/C18H26FN3O3/c1-12-7-17(2,3)11-18(8-12)15(24)22(16(25)20-18)10-14(23)21-6-4-5-13(19)9-21/h5,12H,4,6-11H2,1-3H3,(H,20,25)/t12-,18+/m1/s1. The summed E-state index contributed by atoms with van der Waals surface area (Å²) in [6.45, 7) is 6.27. The van der Waals surface area contributed by atoms with Crippen LogP contribution < -0.4 is 5.32 Å². The molecule has 0 unspecified atom stereocenters. The van der Waals surface area contributed by atoms with Gasteiger partial charge in [-0.3, -0.25) is 14.5 Å².